The summed E-state index contributed by atoms with van der Waals surface area (Å²) in [5.41, 5.74) is -0.310. The highest BCUT2D eigenvalue weighted by Gasteiger charge is 2.61. The van der Waals surface area contributed by atoms with Crippen LogP contribution in [0.25, 0.3) is 22.2 Å². The van der Waals surface area contributed by atoms with E-state index in [1.165, 1.54) is 11.0 Å². The molecule has 0 radical (unpaired) electrons. The van der Waals surface area contributed by atoms with Crippen molar-refractivity contribution in [3.8, 4) is 22.8 Å². The number of pyridine rings is 1. The minimum absolute atomic E-state index is 0.0320. The first-order valence-corrected chi connectivity index (χ1v) is 16.9. The van der Waals surface area contributed by atoms with Crippen molar-refractivity contribution in [3.63, 3.8) is 0 Å². The monoisotopic (exact) mass is 684 g/mol. The van der Waals surface area contributed by atoms with Gasteiger partial charge in [-0.1, -0.05) is 78.0 Å². The molecule has 1 saturated heterocycles. The minimum atomic E-state index is -1.48. The second-order valence-electron chi connectivity index (χ2n) is 15.7. The molecule has 1 unspecified atom stereocenters. The highest BCUT2D eigenvalue weighted by Crippen LogP contribution is 2.45. The Morgan fingerprint density at radius 2 is 1.78 bits per heavy atom. The SMILES string of the molecule is C=C[C@H]1CC1(NC(=O)[C@@H]1C[C@@H](Oc2cc(-c3ccccc3)nc3cc(OC)ccc23)CN1C(=O)[C@@H](NC(=O)CC(C)(C)C)C(C)(C)C)C(=O)O. The van der Waals surface area contributed by atoms with Crippen molar-refractivity contribution in [2.24, 2.45) is 16.7 Å². The molecule has 1 saturated carbocycles. The second kappa shape index (κ2) is 13.8. The van der Waals surface area contributed by atoms with Crippen molar-refractivity contribution < 1.29 is 33.8 Å². The van der Waals surface area contributed by atoms with Crippen LogP contribution in [0.3, 0.4) is 0 Å². The summed E-state index contributed by atoms with van der Waals surface area (Å²) in [6.45, 7) is 15.1. The van der Waals surface area contributed by atoms with E-state index in [0.717, 1.165) is 10.9 Å². The molecule has 5 atom stereocenters. The Morgan fingerprint density at radius 3 is 2.36 bits per heavy atom. The van der Waals surface area contributed by atoms with E-state index in [2.05, 4.69) is 17.2 Å². The first-order valence-electron chi connectivity index (χ1n) is 16.9. The summed E-state index contributed by atoms with van der Waals surface area (Å²) in [7, 11) is 1.58. The molecular weight excluding hydrogens is 636 g/mol. The second-order valence-corrected chi connectivity index (χ2v) is 15.7. The number of benzene rings is 2. The van der Waals surface area contributed by atoms with Gasteiger partial charge in [0.05, 0.1) is 24.9 Å². The molecule has 3 N–H and O–H groups in total. The van der Waals surface area contributed by atoms with Crippen molar-refractivity contribution in [2.45, 2.75) is 84.5 Å². The van der Waals surface area contributed by atoms with E-state index in [0.29, 0.717) is 22.7 Å². The molecule has 0 bridgehead atoms. The molecule has 1 aliphatic carbocycles. The third-order valence-electron chi connectivity index (χ3n) is 9.33. The largest absolute Gasteiger partial charge is 0.497 e. The van der Waals surface area contributed by atoms with Gasteiger partial charge >= 0.3 is 5.97 Å². The number of aliphatic carboxylic acids is 1. The summed E-state index contributed by atoms with van der Waals surface area (Å²) >= 11 is 0. The number of ether oxygens (including phenoxy) is 2. The van der Waals surface area contributed by atoms with Crippen LogP contribution in [-0.2, 0) is 19.2 Å². The number of aromatic nitrogens is 1. The molecule has 11 nitrogen and oxygen atoms in total. The number of methoxy groups -OCH3 is 1. The van der Waals surface area contributed by atoms with Crippen LogP contribution in [0.15, 0.2) is 67.3 Å². The van der Waals surface area contributed by atoms with Gasteiger partial charge in [0.25, 0.3) is 0 Å². The fraction of sp³-hybridized carbons (Fsp3) is 0.462. The minimum Gasteiger partial charge on any atom is -0.497 e. The van der Waals surface area contributed by atoms with Crippen LogP contribution in [0.4, 0.5) is 0 Å². The van der Waals surface area contributed by atoms with Crippen molar-refractivity contribution >= 4 is 34.6 Å². The number of carboxylic acid groups (broad SMARTS) is 1. The Kier molecular flexibility index (Phi) is 10.0. The third kappa shape index (κ3) is 7.77. The summed E-state index contributed by atoms with van der Waals surface area (Å²) in [4.78, 5) is 60.2. The number of nitrogens with one attached hydrogen (secondary N) is 2. The molecule has 2 fully saturated rings. The topological polar surface area (TPSA) is 147 Å². The standard InChI is InChI=1S/C39H48N4O7/c1-9-24-20-39(24,36(47)48)42-34(45)30-18-26(22-43(30)35(46)33(38(5,6)7)41-32(44)21-37(2,3)4)50-31-19-28(23-13-11-10-12-14-23)40-29-17-25(49-8)15-16-27(29)31/h9-17,19,24,26,30,33H,1,18,20-22H2,2-8H3,(H,41,44)(H,42,45)(H,47,48)/t24-,26+,30-,33+,39?/m0/s1. The lowest BCUT2D eigenvalue weighted by atomic mass is 9.84. The van der Waals surface area contributed by atoms with Crippen LogP contribution < -0.4 is 20.1 Å². The normalized spacial score (nSPS) is 22.4. The number of rotatable bonds is 11. The number of nitrogens with zero attached hydrogens (tertiary/aromatic N) is 2. The molecule has 5 rings (SSSR count). The molecule has 2 aliphatic rings. The summed E-state index contributed by atoms with van der Waals surface area (Å²) in [5.74, 6) is -1.77. The molecule has 2 aromatic carbocycles. The highest BCUT2D eigenvalue weighted by atomic mass is 16.5. The molecule has 3 aromatic rings. The summed E-state index contributed by atoms with van der Waals surface area (Å²) in [5, 5.41) is 16.4. The average Bonchev–Trinajstić information content (AvgIpc) is 3.61. The Bertz CT molecular complexity index is 1800. The van der Waals surface area contributed by atoms with Gasteiger partial charge in [-0.15, -0.1) is 6.58 Å². The van der Waals surface area contributed by atoms with E-state index in [-0.39, 0.29) is 37.1 Å². The predicted molar refractivity (Wildman–Crippen MR) is 191 cm³/mol. The van der Waals surface area contributed by atoms with Crippen LogP contribution in [0.1, 0.15) is 60.8 Å². The number of carbonyl (C=O) groups is 4. The van der Waals surface area contributed by atoms with Gasteiger partial charge in [0.1, 0.15) is 35.2 Å². The zero-order chi connectivity index (χ0) is 36.6. The van der Waals surface area contributed by atoms with Gasteiger partial charge in [0.15, 0.2) is 0 Å². The molecule has 266 valence electrons. The lowest BCUT2D eigenvalue weighted by Gasteiger charge is -2.36. The molecular formula is C39H48N4O7. The van der Waals surface area contributed by atoms with Gasteiger partial charge in [-0.2, -0.15) is 0 Å². The molecule has 2 heterocycles. The average molecular weight is 685 g/mol. The van der Waals surface area contributed by atoms with Crippen LogP contribution in [0, 0.1) is 16.7 Å². The van der Waals surface area contributed by atoms with Crippen molar-refractivity contribution in [2.75, 3.05) is 13.7 Å². The van der Waals surface area contributed by atoms with Gasteiger partial charge in [-0.3, -0.25) is 14.4 Å². The van der Waals surface area contributed by atoms with E-state index in [4.69, 9.17) is 14.5 Å². The highest BCUT2D eigenvalue weighted by molar-refractivity contribution is 5.97. The Hall–Kier alpha value is -4.93. The third-order valence-corrected chi connectivity index (χ3v) is 9.33. The number of amides is 3. The zero-order valence-electron chi connectivity index (χ0n) is 29.9. The Labute approximate surface area is 293 Å². The Morgan fingerprint density at radius 1 is 1.08 bits per heavy atom. The number of carbonyl (C=O) groups excluding carboxylic acids is 3. The van der Waals surface area contributed by atoms with E-state index in [1.807, 2.05) is 96.1 Å². The summed E-state index contributed by atoms with van der Waals surface area (Å²) in [6, 6.07) is 15.0. The maximum absolute atomic E-state index is 14.5. The lowest BCUT2D eigenvalue weighted by Crippen LogP contribution is -2.59. The fourth-order valence-electron chi connectivity index (χ4n) is 6.54. The number of likely N-dealkylation sites (tertiary alicyclic amines) is 1. The first-order chi connectivity index (χ1) is 23.5. The van der Waals surface area contributed by atoms with E-state index in [9.17, 15) is 24.3 Å². The number of hydrogen-bond donors (Lipinski definition) is 3. The van der Waals surface area contributed by atoms with Crippen LogP contribution in [-0.4, -0.2) is 76.1 Å². The Balaban J connectivity index is 1.51. The first kappa shape index (κ1) is 36.4. The van der Waals surface area contributed by atoms with Gasteiger partial charge in [0, 0.05) is 41.8 Å². The van der Waals surface area contributed by atoms with E-state index < -0.39 is 52.8 Å². The van der Waals surface area contributed by atoms with Gasteiger partial charge in [-0.05, 0) is 29.4 Å². The smallest absolute Gasteiger partial charge is 0.330 e. The lowest BCUT2D eigenvalue weighted by molar-refractivity contribution is -0.147. The van der Waals surface area contributed by atoms with Crippen molar-refractivity contribution in [3.05, 3.63) is 67.3 Å². The predicted octanol–water partition coefficient (Wildman–Crippen LogP) is 5.37. The molecule has 3 amide bonds. The van der Waals surface area contributed by atoms with E-state index in [1.54, 1.807) is 7.11 Å². The summed E-state index contributed by atoms with van der Waals surface area (Å²) in [6.07, 6.45) is 1.38. The molecule has 11 heteroatoms. The number of carboxylic acids is 1. The van der Waals surface area contributed by atoms with Crippen LogP contribution in [0.5, 0.6) is 11.5 Å². The number of fused-ring (bicyclic) bond motifs is 1. The van der Waals surface area contributed by atoms with Gasteiger partial charge in [0.2, 0.25) is 17.7 Å². The van der Waals surface area contributed by atoms with E-state index >= 15 is 0 Å². The zero-order valence-corrected chi connectivity index (χ0v) is 29.9. The molecule has 0 spiro atoms. The number of hydrogen-bond acceptors (Lipinski definition) is 7. The van der Waals surface area contributed by atoms with Crippen LogP contribution in [0.2, 0.25) is 0 Å². The molecule has 50 heavy (non-hydrogen) atoms. The van der Waals surface area contributed by atoms with Crippen LogP contribution >= 0.6 is 0 Å². The maximum Gasteiger partial charge on any atom is 0.330 e. The maximum atomic E-state index is 14.5. The molecule has 1 aliphatic heterocycles. The fourth-order valence-corrected chi connectivity index (χ4v) is 6.54. The summed E-state index contributed by atoms with van der Waals surface area (Å²) < 4.78 is 12.1. The quantitative estimate of drug-likeness (QED) is 0.229. The molecule has 1 aromatic heterocycles. The van der Waals surface area contributed by atoms with Crippen molar-refractivity contribution in [1.29, 1.82) is 0 Å². The van der Waals surface area contributed by atoms with Gasteiger partial charge in [-0.25, -0.2) is 9.78 Å². The van der Waals surface area contributed by atoms with Crippen molar-refractivity contribution in [1.82, 2.24) is 20.5 Å². The van der Waals surface area contributed by atoms with Gasteiger partial charge < -0.3 is 30.1 Å².